The second-order valence-electron chi connectivity index (χ2n) is 5.92. The minimum absolute atomic E-state index is 0.321. The van der Waals surface area contributed by atoms with Crippen molar-refractivity contribution < 1.29 is 9.84 Å². The fraction of sp³-hybridized carbons (Fsp3) is 1.00. The first kappa shape index (κ1) is 18.9. The summed E-state index contributed by atoms with van der Waals surface area (Å²) in [4.78, 5) is 0. The van der Waals surface area contributed by atoms with E-state index < -0.39 is 0 Å². The monoisotopic (exact) mass is 272 g/mol. The summed E-state index contributed by atoms with van der Waals surface area (Å²) < 4.78 is 5.95. The van der Waals surface area contributed by atoms with Crippen molar-refractivity contribution in [1.82, 2.24) is 0 Å². The molecule has 0 bridgehead atoms. The van der Waals surface area contributed by atoms with Crippen molar-refractivity contribution in [2.75, 3.05) is 19.8 Å². The van der Waals surface area contributed by atoms with E-state index in [9.17, 15) is 5.11 Å². The molecule has 0 aromatic heterocycles. The summed E-state index contributed by atoms with van der Waals surface area (Å²) in [5, 5.41) is 9.28. The molecule has 0 aliphatic rings. The first-order valence-corrected chi connectivity index (χ1v) is 8.40. The van der Waals surface area contributed by atoms with Gasteiger partial charge in [-0.05, 0) is 30.6 Å². The predicted octanol–water partition coefficient (Wildman–Crippen LogP) is 4.65. The quantitative estimate of drug-likeness (QED) is 0.528. The molecular formula is C17H36O2. The molecule has 1 N–H and O–H groups in total. The van der Waals surface area contributed by atoms with Crippen LogP contribution in [0.3, 0.4) is 0 Å². The van der Waals surface area contributed by atoms with Gasteiger partial charge in [-0.2, -0.15) is 0 Å². The number of unbranched alkanes of at least 4 members (excludes halogenated alkanes) is 1. The van der Waals surface area contributed by atoms with Gasteiger partial charge >= 0.3 is 0 Å². The normalized spacial score (nSPS) is 16.3. The van der Waals surface area contributed by atoms with Gasteiger partial charge in [-0.15, -0.1) is 0 Å². The van der Waals surface area contributed by atoms with Gasteiger partial charge in [0.1, 0.15) is 0 Å². The molecule has 0 heterocycles. The Morgan fingerprint density at radius 2 is 1.42 bits per heavy atom. The van der Waals surface area contributed by atoms with Crippen molar-refractivity contribution in [3.8, 4) is 0 Å². The third-order valence-electron chi connectivity index (χ3n) is 4.33. The molecule has 0 spiro atoms. The molecule has 116 valence electrons. The van der Waals surface area contributed by atoms with E-state index in [1.807, 2.05) is 0 Å². The van der Waals surface area contributed by atoms with Crippen LogP contribution in [0, 0.1) is 17.8 Å². The Labute approximate surface area is 120 Å². The molecule has 0 rings (SSSR count). The Balaban J connectivity index is 3.86. The molecule has 2 heteroatoms. The van der Waals surface area contributed by atoms with Gasteiger partial charge in [0.25, 0.3) is 0 Å². The van der Waals surface area contributed by atoms with Crippen LogP contribution >= 0.6 is 0 Å². The molecular weight excluding hydrogens is 236 g/mol. The van der Waals surface area contributed by atoms with Crippen molar-refractivity contribution in [2.45, 2.75) is 72.6 Å². The van der Waals surface area contributed by atoms with Gasteiger partial charge in [-0.3, -0.25) is 0 Å². The Hall–Kier alpha value is -0.0800. The summed E-state index contributed by atoms with van der Waals surface area (Å²) in [6.07, 6.45) is 8.46. The van der Waals surface area contributed by atoms with Gasteiger partial charge in [-0.1, -0.05) is 59.8 Å². The SMILES string of the molecule is CCCCC(CC)COCC(CC)CC(CC)CO. The third kappa shape index (κ3) is 9.45. The van der Waals surface area contributed by atoms with Gasteiger partial charge in [0.15, 0.2) is 0 Å². The van der Waals surface area contributed by atoms with E-state index in [2.05, 4.69) is 27.7 Å². The second-order valence-corrected chi connectivity index (χ2v) is 5.92. The van der Waals surface area contributed by atoms with Crippen molar-refractivity contribution in [3.63, 3.8) is 0 Å². The predicted molar refractivity (Wildman–Crippen MR) is 83.4 cm³/mol. The summed E-state index contributed by atoms with van der Waals surface area (Å²) in [6, 6.07) is 0. The summed E-state index contributed by atoms with van der Waals surface area (Å²) in [5.41, 5.74) is 0. The lowest BCUT2D eigenvalue weighted by atomic mass is 9.92. The van der Waals surface area contributed by atoms with E-state index in [0.29, 0.717) is 18.4 Å². The lowest BCUT2D eigenvalue weighted by Crippen LogP contribution is -2.18. The zero-order valence-corrected chi connectivity index (χ0v) is 13.7. The maximum atomic E-state index is 9.28. The van der Waals surface area contributed by atoms with E-state index in [-0.39, 0.29) is 0 Å². The van der Waals surface area contributed by atoms with Crippen LogP contribution in [0.2, 0.25) is 0 Å². The number of hydrogen-bond acceptors (Lipinski definition) is 2. The van der Waals surface area contributed by atoms with Crippen molar-refractivity contribution >= 4 is 0 Å². The fourth-order valence-electron chi connectivity index (χ4n) is 2.49. The van der Waals surface area contributed by atoms with Crippen LogP contribution in [-0.4, -0.2) is 24.9 Å². The van der Waals surface area contributed by atoms with Crippen LogP contribution in [0.1, 0.15) is 72.6 Å². The van der Waals surface area contributed by atoms with Crippen LogP contribution < -0.4 is 0 Å². The van der Waals surface area contributed by atoms with E-state index in [1.165, 1.54) is 25.7 Å². The lowest BCUT2D eigenvalue weighted by Gasteiger charge is -2.22. The first-order chi connectivity index (χ1) is 9.21. The molecule has 0 amide bonds. The molecule has 0 fully saturated rings. The van der Waals surface area contributed by atoms with Gasteiger partial charge in [0.05, 0.1) is 0 Å². The lowest BCUT2D eigenvalue weighted by molar-refractivity contribution is 0.0545. The highest BCUT2D eigenvalue weighted by molar-refractivity contribution is 4.64. The Kier molecular flexibility index (Phi) is 12.9. The van der Waals surface area contributed by atoms with E-state index in [0.717, 1.165) is 38.4 Å². The largest absolute Gasteiger partial charge is 0.396 e. The maximum absolute atomic E-state index is 9.28. The summed E-state index contributed by atoms with van der Waals surface area (Å²) in [5.74, 6) is 1.80. The molecule has 3 atom stereocenters. The average Bonchev–Trinajstić information content (AvgIpc) is 2.46. The number of aliphatic hydroxyl groups is 1. The Morgan fingerprint density at radius 3 is 1.89 bits per heavy atom. The van der Waals surface area contributed by atoms with Crippen molar-refractivity contribution in [3.05, 3.63) is 0 Å². The van der Waals surface area contributed by atoms with E-state index in [4.69, 9.17) is 4.74 Å². The summed E-state index contributed by atoms with van der Waals surface area (Å²) in [6.45, 7) is 11.0. The molecule has 0 aliphatic carbocycles. The van der Waals surface area contributed by atoms with Crippen molar-refractivity contribution in [1.29, 1.82) is 0 Å². The molecule has 0 saturated heterocycles. The number of ether oxygens (including phenoxy) is 1. The highest BCUT2D eigenvalue weighted by Gasteiger charge is 2.14. The first-order valence-electron chi connectivity index (χ1n) is 8.40. The third-order valence-corrected chi connectivity index (χ3v) is 4.33. The standard InChI is InChI=1S/C17H36O2/c1-5-9-10-15(6-2)13-19-14-17(8-4)11-16(7-3)12-18/h15-18H,5-14H2,1-4H3. The zero-order chi connectivity index (χ0) is 14.5. The molecule has 0 aromatic rings. The molecule has 3 unspecified atom stereocenters. The fourth-order valence-corrected chi connectivity index (χ4v) is 2.49. The maximum Gasteiger partial charge on any atom is 0.0494 e. The van der Waals surface area contributed by atoms with Crippen LogP contribution in [0.25, 0.3) is 0 Å². The Morgan fingerprint density at radius 1 is 0.842 bits per heavy atom. The molecule has 19 heavy (non-hydrogen) atoms. The smallest absolute Gasteiger partial charge is 0.0494 e. The van der Waals surface area contributed by atoms with Gasteiger partial charge < -0.3 is 9.84 Å². The van der Waals surface area contributed by atoms with Gasteiger partial charge in [0, 0.05) is 19.8 Å². The summed E-state index contributed by atoms with van der Waals surface area (Å²) in [7, 11) is 0. The highest BCUT2D eigenvalue weighted by Crippen LogP contribution is 2.20. The minimum atomic E-state index is 0.321. The molecule has 0 aliphatic heterocycles. The second kappa shape index (κ2) is 12.9. The highest BCUT2D eigenvalue weighted by atomic mass is 16.5. The average molecular weight is 272 g/mol. The molecule has 0 aromatic carbocycles. The number of hydrogen-bond donors (Lipinski definition) is 1. The Bertz CT molecular complexity index is 178. The van der Waals surface area contributed by atoms with Crippen LogP contribution in [0.5, 0.6) is 0 Å². The molecule has 2 nitrogen and oxygen atoms in total. The van der Waals surface area contributed by atoms with Crippen molar-refractivity contribution in [2.24, 2.45) is 17.8 Å². The topological polar surface area (TPSA) is 29.5 Å². The zero-order valence-electron chi connectivity index (χ0n) is 13.7. The number of rotatable bonds is 13. The molecule has 0 radical (unpaired) electrons. The van der Waals surface area contributed by atoms with Crippen LogP contribution in [0.15, 0.2) is 0 Å². The van der Waals surface area contributed by atoms with E-state index in [1.54, 1.807) is 0 Å². The number of aliphatic hydroxyl groups excluding tert-OH is 1. The van der Waals surface area contributed by atoms with Crippen LogP contribution in [0.4, 0.5) is 0 Å². The summed E-state index contributed by atoms with van der Waals surface area (Å²) >= 11 is 0. The van der Waals surface area contributed by atoms with Crippen LogP contribution in [-0.2, 0) is 4.74 Å². The molecule has 0 saturated carbocycles. The van der Waals surface area contributed by atoms with Gasteiger partial charge in [0.2, 0.25) is 0 Å². The van der Waals surface area contributed by atoms with E-state index >= 15 is 0 Å². The minimum Gasteiger partial charge on any atom is -0.396 e. The van der Waals surface area contributed by atoms with Gasteiger partial charge in [-0.25, -0.2) is 0 Å².